The molecule has 0 saturated carbocycles. The van der Waals surface area contributed by atoms with E-state index in [0.717, 1.165) is 5.56 Å². The van der Waals surface area contributed by atoms with Gasteiger partial charge in [-0.2, -0.15) is 0 Å². The first-order valence-electron chi connectivity index (χ1n) is 6.26. The molecule has 0 spiro atoms. The molecule has 0 amide bonds. The quantitative estimate of drug-likeness (QED) is 0.803. The Balaban J connectivity index is 3.00. The Morgan fingerprint density at radius 1 is 1.35 bits per heavy atom. The molecule has 0 aliphatic carbocycles. The lowest BCUT2D eigenvalue weighted by atomic mass is 10.1. The monoisotopic (exact) mass is 363 g/mol. The van der Waals surface area contributed by atoms with E-state index in [-0.39, 0.29) is 10.4 Å². The highest BCUT2D eigenvalue weighted by Gasteiger charge is 2.25. The lowest BCUT2D eigenvalue weighted by molar-refractivity contribution is 0.199. The molecule has 0 saturated heterocycles. The van der Waals surface area contributed by atoms with Crippen LogP contribution in [0.3, 0.4) is 0 Å². The zero-order valence-electron chi connectivity index (χ0n) is 12.3. The van der Waals surface area contributed by atoms with Gasteiger partial charge < -0.3 is 10.6 Å². The van der Waals surface area contributed by atoms with Gasteiger partial charge in [0.2, 0.25) is 10.0 Å². The van der Waals surface area contributed by atoms with Gasteiger partial charge in [0, 0.05) is 23.1 Å². The third-order valence-corrected chi connectivity index (χ3v) is 5.82. The topological polar surface area (TPSA) is 75.4 Å². The van der Waals surface area contributed by atoms with E-state index in [0.29, 0.717) is 17.6 Å². The molecule has 0 aliphatic heterocycles. The van der Waals surface area contributed by atoms with E-state index in [4.69, 9.17) is 5.73 Å². The van der Waals surface area contributed by atoms with Crippen molar-refractivity contribution >= 4 is 26.0 Å². The lowest BCUT2D eigenvalue weighted by Crippen LogP contribution is -2.48. The first-order chi connectivity index (χ1) is 9.10. The Morgan fingerprint density at radius 2 is 1.95 bits per heavy atom. The number of likely N-dealkylation sites (N-methyl/N-ethyl adjacent to an activating group) is 1. The fraction of sp³-hybridized carbons (Fsp3) is 0.538. The highest BCUT2D eigenvalue weighted by atomic mass is 79.9. The zero-order valence-corrected chi connectivity index (χ0v) is 14.7. The summed E-state index contributed by atoms with van der Waals surface area (Å²) in [5.41, 5.74) is 6.06. The summed E-state index contributed by atoms with van der Waals surface area (Å²) < 4.78 is 28.0. The van der Waals surface area contributed by atoms with E-state index in [1.165, 1.54) is 0 Å². The van der Waals surface area contributed by atoms with E-state index in [9.17, 15) is 8.42 Å². The van der Waals surface area contributed by atoms with Gasteiger partial charge in [0.05, 0.1) is 4.90 Å². The number of nitrogens with two attached hydrogens (primary N) is 1. The van der Waals surface area contributed by atoms with Crippen molar-refractivity contribution in [1.29, 1.82) is 0 Å². The molecule has 0 aromatic heterocycles. The lowest BCUT2D eigenvalue weighted by Gasteiger charge is -2.32. The maximum absolute atomic E-state index is 12.4. The number of sulfonamides is 1. The van der Waals surface area contributed by atoms with Crippen LogP contribution in [-0.4, -0.2) is 39.5 Å². The van der Waals surface area contributed by atoms with Crippen molar-refractivity contribution in [2.24, 2.45) is 5.73 Å². The van der Waals surface area contributed by atoms with Gasteiger partial charge in [0.15, 0.2) is 0 Å². The fourth-order valence-corrected chi connectivity index (χ4v) is 3.60. The fourth-order valence-electron chi connectivity index (χ4n) is 1.39. The molecule has 7 heteroatoms. The second kappa shape index (κ2) is 6.53. The first kappa shape index (κ1) is 17.6. The van der Waals surface area contributed by atoms with Crippen LogP contribution in [0.2, 0.25) is 0 Å². The first-order valence-corrected chi connectivity index (χ1v) is 8.53. The Bertz CT molecular complexity index is 571. The molecule has 0 unspecified atom stereocenters. The number of rotatable bonds is 6. The van der Waals surface area contributed by atoms with Crippen molar-refractivity contribution in [1.82, 2.24) is 9.62 Å². The van der Waals surface area contributed by atoms with Crippen LogP contribution in [0.25, 0.3) is 0 Å². The minimum absolute atomic E-state index is 0.218. The summed E-state index contributed by atoms with van der Waals surface area (Å²) in [6, 6.07) is 5.09. The van der Waals surface area contributed by atoms with Crippen LogP contribution in [0.5, 0.6) is 0 Å². The summed E-state index contributed by atoms with van der Waals surface area (Å²) in [4.78, 5) is 2.19. The van der Waals surface area contributed by atoms with Gasteiger partial charge in [0.25, 0.3) is 0 Å². The van der Waals surface area contributed by atoms with Gasteiger partial charge in [-0.15, -0.1) is 0 Å². The van der Waals surface area contributed by atoms with Crippen molar-refractivity contribution in [2.45, 2.75) is 30.8 Å². The van der Waals surface area contributed by atoms with Crippen LogP contribution in [0.4, 0.5) is 0 Å². The molecule has 0 atom stereocenters. The predicted octanol–water partition coefficient (Wildman–Crippen LogP) is 1.53. The van der Waals surface area contributed by atoms with E-state index >= 15 is 0 Å². The van der Waals surface area contributed by atoms with Crippen molar-refractivity contribution in [3.8, 4) is 0 Å². The maximum atomic E-state index is 12.4. The minimum Gasteiger partial charge on any atom is -0.326 e. The van der Waals surface area contributed by atoms with Gasteiger partial charge in [-0.1, -0.05) is 6.07 Å². The van der Waals surface area contributed by atoms with E-state index < -0.39 is 10.0 Å². The number of benzene rings is 1. The molecule has 114 valence electrons. The van der Waals surface area contributed by atoms with Crippen molar-refractivity contribution in [2.75, 3.05) is 20.6 Å². The minimum atomic E-state index is -3.57. The highest BCUT2D eigenvalue weighted by Crippen LogP contribution is 2.23. The number of nitrogens with zero attached hydrogens (tertiary/aromatic N) is 1. The molecule has 20 heavy (non-hydrogen) atoms. The molecule has 0 bridgehead atoms. The smallest absolute Gasteiger partial charge is 0.241 e. The second-order valence-corrected chi connectivity index (χ2v) is 8.09. The average molecular weight is 364 g/mol. The SMILES string of the molecule is CN(C)C(C)(C)CNS(=O)(=O)c1cc(CN)ccc1Br. The number of hydrogen-bond donors (Lipinski definition) is 2. The highest BCUT2D eigenvalue weighted by molar-refractivity contribution is 9.10. The molecular formula is C13H22BrN3O2S. The van der Waals surface area contributed by atoms with Gasteiger partial charge in [-0.05, 0) is 61.6 Å². The second-order valence-electron chi connectivity index (χ2n) is 5.50. The van der Waals surface area contributed by atoms with Crippen molar-refractivity contribution < 1.29 is 8.42 Å². The standard InChI is InChI=1S/C13H22BrN3O2S/c1-13(2,17(3)4)9-16-20(18,19)12-7-10(8-15)5-6-11(12)14/h5-7,16H,8-9,15H2,1-4H3. The molecule has 1 aromatic rings. The number of halogens is 1. The maximum Gasteiger partial charge on any atom is 0.241 e. The molecule has 5 nitrogen and oxygen atoms in total. The number of nitrogens with one attached hydrogen (secondary N) is 1. The molecule has 0 heterocycles. The molecule has 0 fully saturated rings. The summed E-state index contributed by atoms with van der Waals surface area (Å²) >= 11 is 3.27. The Hall–Kier alpha value is -0.470. The van der Waals surface area contributed by atoms with Gasteiger partial charge in [-0.3, -0.25) is 0 Å². The molecule has 0 aliphatic rings. The molecule has 3 N–H and O–H groups in total. The Morgan fingerprint density at radius 3 is 2.45 bits per heavy atom. The van der Waals surface area contributed by atoms with Crippen LogP contribution >= 0.6 is 15.9 Å². The average Bonchev–Trinajstić information content (AvgIpc) is 2.37. The van der Waals surface area contributed by atoms with E-state index in [1.54, 1.807) is 18.2 Å². The summed E-state index contributed by atoms with van der Waals surface area (Å²) in [6.07, 6.45) is 0. The third kappa shape index (κ3) is 4.26. The summed E-state index contributed by atoms with van der Waals surface area (Å²) in [7, 11) is 0.263. The van der Waals surface area contributed by atoms with Crippen LogP contribution in [-0.2, 0) is 16.6 Å². The largest absolute Gasteiger partial charge is 0.326 e. The Kier molecular flexibility index (Phi) is 5.74. The summed E-state index contributed by atoms with van der Waals surface area (Å²) in [5.74, 6) is 0. The normalized spacial score (nSPS) is 12.9. The molecular weight excluding hydrogens is 342 g/mol. The van der Waals surface area contributed by atoms with Crippen LogP contribution < -0.4 is 10.5 Å². The van der Waals surface area contributed by atoms with E-state index in [1.807, 2.05) is 32.8 Å². The van der Waals surface area contributed by atoms with E-state index in [2.05, 4.69) is 20.7 Å². The van der Waals surface area contributed by atoms with Crippen molar-refractivity contribution in [3.63, 3.8) is 0 Å². The third-order valence-electron chi connectivity index (χ3n) is 3.43. The molecule has 0 radical (unpaired) electrons. The molecule has 1 rings (SSSR count). The van der Waals surface area contributed by atoms with Gasteiger partial charge >= 0.3 is 0 Å². The summed E-state index contributed by atoms with van der Waals surface area (Å²) in [6.45, 7) is 4.57. The van der Waals surface area contributed by atoms with Crippen molar-refractivity contribution in [3.05, 3.63) is 28.2 Å². The summed E-state index contributed by atoms with van der Waals surface area (Å²) in [5, 5.41) is 0. The van der Waals surface area contributed by atoms with Gasteiger partial charge in [0.1, 0.15) is 0 Å². The number of hydrogen-bond acceptors (Lipinski definition) is 4. The van der Waals surface area contributed by atoms with Crippen LogP contribution in [0, 0.1) is 0 Å². The van der Waals surface area contributed by atoms with Gasteiger partial charge in [-0.25, -0.2) is 13.1 Å². The molecule has 1 aromatic carbocycles. The van der Waals surface area contributed by atoms with Crippen LogP contribution in [0.15, 0.2) is 27.6 Å². The predicted molar refractivity (Wildman–Crippen MR) is 85.0 cm³/mol. The Labute approximate surface area is 129 Å². The zero-order chi connectivity index (χ0) is 15.6. The van der Waals surface area contributed by atoms with Crippen LogP contribution in [0.1, 0.15) is 19.4 Å².